The normalized spacial score (nSPS) is 19.1. The van der Waals surface area contributed by atoms with Crippen LogP contribution in [0.15, 0.2) is 18.2 Å². The standard InChI is InChI=1S/C13H18ClNO/c1-15(2)7-3-4-13-12-6-5-11(14)8-10(12)9-16-13/h5-6,8,13H,3-4,7,9H2,1-2H3. The fraction of sp³-hybridized carbons (Fsp3) is 0.538. The zero-order valence-corrected chi connectivity index (χ0v) is 10.6. The van der Waals surface area contributed by atoms with Gasteiger partial charge in [0.25, 0.3) is 0 Å². The van der Waals surface area contributed by atoms with E-state index in [0.717, 1.165) is 18.0 Å². The highest BCUT2D eigenvalue weighted by Gasteiger charge is 2.22. The molecule has 1 heterocycles. The molecule has 3 heteroatoms. The third kappa shape index (κ3) is 2.76. The van der Waals surface area contributed by atoms with Crippen molar-refractivity contribution in [2.75, 3.05) is 20.6 Å². The molecule has 0 aromatic heterocycles. The summed E-state index contributed by atoms with van der Waals surface area (Å²) >= 11 is 5.95. The van der Waals surface area contributed by atoms with Crippen molar-refractivity contribution in [2.24, 2.45) is 0 Å². The molecule has 0 saturated carbocycles. The minimum Gasteiger partial charge on any atom is -0.369 e. The molecule has 0 radical (unpaired) electrons. The first-order valence-corrected chi connectivity index (χ1v) is 6.09. The van der Waals surface area contributed by atoms with Gasteiger partial charge in [-0.1, -0.05) is 17.7 Å². The summed E-state index contributed by atoms with van der Waals surface area (Å²) in [4.78, 5) is 2.21. The van der Waals surface area contributed by atoms with Gasteiger partial charge in [-0.15, -0.1) is 0 Å². The molecule has 1 aliphatic rings. The Balaban J connectivity index is 1.95. The van der Waals surface area contributed by atoms with E-state index in [9.17, 15) is 0 Å². The fourth-order valence-electron chi connectivity index (χ4n) is 2.13. The van der Waals surface area contributed by atoms with Crippen molar-refractivity contribution in [3.05, 3.63) is 34.3 Å². The summed E-state index contributed by atoms with van der Waals surface area (Å²) in [6.45, 7) is 1.82. The third-order valence-corrected chi connectivity index (χ3v) is 3.20. The smallest absolute Gasteiger partial charge is 0.0833 e. The van der Waals surface area contributed by atoms with E-state index in [1.807, 2.05) is 12.1 Å². The van der Waals surface area contributed by atoms with Crippen LogP contribution in [0.5, 0.6) is 0 Å². The quantitative estimate of drug-likeness (QED) is 0.800. The molecule has 88 valence electrons. The van der Waals surface area contributed by atoms with Gasteiger partial charge in [-0.3, -0.25) is 0 Å². The first kappa shape index (κ1) is 11.9. The monoisotopic (exact) mass is 239 g/mol. The van der Waals surface area contributed by atoms with Crippen molar-refractivity contribution in [1.29, 1.82) is 0 Å². The summed E-state index contributed by atoms with van der Waals surface area (Å²) in [5.74, 6) is 0. The van der Waals surface area contributed by atoms with Gasteiger partial charge in [-0.25, -0.2) is 0 Å². The van der Waals surface area contributed by atoms with Gasteiger partial charge in [0, 0.05) is 5.02 Å². The Bertz CT molecular complexity index is 365. The Morgan fingerprint density at radius 1 is 1.44 bits per heavy atom. The summed E-state index contributed by atoms with van der Waals surface area (Å²) < 4.78 is 5.78. The fourth-order valence-corrected chi connectivity index (χ4v) is 2.32. The van der Waals surface area contributed by atoms with Crippen LogP contribution >= 0.6 is 11.6 Å². The second-order valence-electron chi connectivity index (χ2n) is 4.59. The van der Waals surface area contributed by atoms with Gasteiger partial charge in [0.1, 0.15) is 0 Å². The Morgan fingerprint density at radius 2 is 2.25 bits per heavy atom. The van der Waals surface area contributed by atoms with Crippen molar-refractivity contribution < 1.29 is 4.74 Å². The van der Waals surface area contributed by atoms with Crippen LogP contribution in [-0.2, 0) is 11.3 Å². The molecule has 0 bridgehead atoms. The lowest BCUT2D eigenvalue weighted by Crippen LogP contribution is -2.13. The van der Waals surface area contributed by atoms with Crippen LogP contribution in [0.25, 0.3) is 0 Å². The van der Waals surface area contributed by atoms with Gasteiger partial charge in [-0.05, 0) is 56.7 Å². The molecule has 1 unspecified atom stereocenters. The summed E-state index contributed by atoms with van der Waals surface area (Å²) in [5, 5.41) is 0.802. The molecule has 2 rings (SSSR count). The van der Waals surface area contributed by atoms with Gasteiger partial charge in [0.05, 0.1) is 12.7 Å². The van der Waals surface area contributed by atoms with Crippen LogP contribution in [0.3, 0.4) is 0 Å². The minimum absolute atomic E-state index is 0.271. The Morgan fingerprint density at radius 3 is 3.00 bits per heavy atom. The number of nitrogens with zero attached hydrogens (tertiary/aromatic N) is 1. The summed E-state index contributed by atoms with van der Waals surface area (Å²) in [6.07, 6.45) is 2.53. The van der Waals surface area contributed by atoms with Gasteiger partial charge in [0.15, 0.2) is 0 Å². The molecule has 1 aromatic carbocycles. The van der Waals surface area contributed by atoms with Crippen LogP contribution in [0.1, 0.15) is 30.1 Å². The lowest BCUT2D eigenvalue weighted by molar-refractivity contribution is 0.0573. The molecule has 2 nitrogen and oxygen atoms in total. The van der Waals surface area contributed by atoms with E-state index in [2.05, 4.69) is 25.1 Å². The lowest BCUT2D eigenvalue weighted by Gasteiger charge is -2.13. The van der Waals surface area contributed by atoms with E-state index in [4.69, 9.17) is 16.3 Å². The lowest BCUT2D eigenvalue weighted by atomic mass is 10.0. The van der Waals surface area contributed by atoms with E-state index >= 15 is 0 Å². The Hall–Kier alpha value is -0.570. The van der Waals surface area contributed by atoms with Gasteiger partial charge in [-0.2, -0.15) is 0 Å². The summed E-state index contributed by atoms with van der Waals surface area (Å²) in [6, 6.07) is 6.07. The molecule has 0 spiro atoms. The van der Waals surface area contributed by atoms with E-state index in [1.165, 1.54) is 17.5 Å². The van der Waals surface area contributed by atoms with Crippen molar-refractivity contribution in [3.8, 4) is 0 Å². The van der Waals surface area contributed by atoms with Crippen molar-refractivity contribution >= 4 is 11.6 Å². The summed E-state index contributed by atoms with van der Waals surface area (Å²) in [5.41, 5.74) is 2.57. The number of hydrogen-bond acceptors (Lipinski definition) is 2. The molecular formula is C13H18ClNO. The van der Waals surface area contributed by atoms with E-state index < -0.39 is 0 Å². The van der Waals surface area contributed by atoms with Crippen LogP contribution in [-0.4, -0.2) is 25.5 Å². The third-order valence-electron chi connectivity index (χ3n) is 2.96. The highest BCUT2D eigenvalue weighted by atomic mass is 35.5. The highest BCUT2D eigenvalue weighted by Crippen LogP contribution is 2.35. The second kappa shape index (κ2) is 5.17. The number of hydrogen-bond donors (Lipinski definition) is 0. The zero-order chi connectivity index (χ0) is 11.5. The van der Waals surface area contributed by atoms with Gasteiger partial charge >= 0.3 is 0 Å². The van der Waals surface area contributed by atoms with Crippen molar-refractivity contribution in [3.63, 3.8) is 0 Å². The summed E-state index contributed by atoms with van der Waals surface area (Å²) in [7, 11) is 4.20. The van der Waals surface area contributed by atoms with Gasteiger partial charge < -0.3 is 9.64 Å². The van der Waals surface area contributed by atoms with Crippen LogP contribution < -0.4 is 0 Å². The van der Waals surface area contributed by atoms with Crippen molar-refractivity contribution in [1.82, 2.24) is 4.90 Å². The molecule has 0 saturated heterocycles. The number of benzene rings is 1. The molecule has 0 N–H and O–H groups in total. The first-order valence-electron chi connectivity index (χ1n) is 5.71. The average Bonchev–Trinajstić information content (AvgIpc) is 2.60. The molecule has 1 atom stereocenters. The SMILES string of the molecule is CN(C)CCCC1OCc2cc(Cl)ccc21. The molecule has 0 amide bonds. The van der Waals surface area contributed by atoms with Crippen LogP contribution in [0, 0.1) is 0 Å². The predicted octanol–water partition coefficient (Wildman–Crippen LogP) is 3.25. The molecule has 0 fully saturated rings. The highest BCUT2D eigenvalue weighted by molar-refractivity contribution is 6.30. The molecule has 16 heavy (non-hydrogen) atoms. The first-order chi connectivity index (χ1) is 7.66. The largest absolute Gasteiger partial charge is 0.369 e. The number of halogens is 1. The molecule has 0 aliphatic carbocycles. The van der Waals surface area contributed by atoms with E-state index in [1.54, 1.807) is 0 Å². The molecular weight excluding hydrogens is 222 g/mol. The predicted molar refractivity (Wildman–Crippen MR) is 66.8 cm³/mol. The van der Waals surface area contributed by atoms with Crippen molar-refractivity contribution in [2.45, 2.75) is 25.6 Å². The van der Waals surface area contributed by atoms with Crippen LogP contribution in [0.4, 0.5) is 0 Å². The Kier molecular flexibility index (Phi) is 3.85. The zero-order valence-electron chi connectivity index (χ0n) is 9.87. The number of ether oxygens (including phenoxy) is 1. The van der Waals surface area contributed by atoms with Crippen LogP contribution in [0.2, 0.25) is 5.02 Å². The van der Waals surface area contributed by atoms with E-state index in [0.29, 0.717) is 6.61 Å². The number of rotatable bonds is 4. The molecule has 1 aromatic rings. The maximum atomic E-state index is 5.95. The topological polar surface area (TPSA) is 12.5 Å². The minimum atomic E-state index is 0.271. The maximum Gasteiger partial charge on any atom is 0.0833 e. The van der Waals surface area contributed by atoms with E-state index in [-0.39, 0.29) is 6.10 Å². The average molecular weight is 240 g/mol. The number of fused-ring (bicyclic) bond motifs is 1. The molecule has 1 aliphatic heterocycles. The van der Waals surface area contributed by atoms with Gasteiger partial charge in [0.2, 0.25) is 0 Å². The second-order valence-corrected chi connectivity index (χ2v) is 5.02. The maximum absolute atomic E-state index is 5.95. The Labute approximate surface area is 102 Å².